The fourth-order valence-electron chi connectivity index (χ4n) is 2.57. The molecule has 2 aromatic rings. The Morgan fingerprint density at radius 1 is 1.35 bits per heavy atom. The number of aromatic nitrogens is 2. The standard InChI is InChI=1S/C14H20N2S/c1-5-11(9(2)3)16-12-8-6-7-10(4)13(12)15-14(16)17/h6-9,11H,5H2,1-4H3,(H,15,17). The van der Waals surface area contributed by atoms with Gasteiger partial charge in [0.25, 0.3) is 0 Å². The number of hydrogen-bond donors (Lipinski definition) is 1. The molecule has 1 aromatic carbocycles. The summed E-state index contributed by atoms with van der Waals surface area (Å²) in [4.78, 5) is 3.34. The van der Waals surface area contributed by atoms with Crippen LogP contribution in [0.2, 0.25) is 0 Å². The van der Waals surface area contributed by atoms with Gasteiger partial charge in [-0.3, -0.25) is 0 Å². The molecule has 1 N–H and O–H groups in total. The van der Waals surface area contributed by atoms with Crippen LogP contribution in [0.25, 0.3) is 11.0 Å². The first-order valence-corrected chi connectivity index (χ1v) is 6.67. The van der Waals surface area contributed by atoms with E-state index in [2.05, 4.69) is 55.4 Å². The highest BCUT2D eigenvalue weighted by Crippen LogP contribution is 2.28. The molecule has 0 radical (unpaired) electrons. The SMILES string of the molecule is CCC(C(C)C)n1c(=S)[nH]c2c(C)cccc21. The molecule has 0 aliphatic carbocycles. The number of nitrogens with one attached hydrogen (secondary N) is 1. The molecule has 0 saturated carbocycles. The van der Waals surface area contributed by atoms with E-state index in [1.54, 1.807) is 0 Å². The molecule has 17 heavy (non-hydrogen) atoms. The highest BCUT2D eigenvalue weighted by atomic mass is 32.1. The van der Waals surface area contributed by atoms with Crippen molar-refractivity contribution in [1.29, 1.82) is 0 Å². The molecule has 3 heteroatoms. The Morgan fingerprint density at radius 3 is 2.65 bits per heavy atom. The zero-order valence-electron chi connectivity index (χ0n) is 10.9. The van der Waals surface area contributed by atoms with Gasteiger partial charge in [-0.15, -0.1) is 0 Å². The average molecular weight is 248 g/mol. The van der Waals surface area contributed by atoms with E-state index in [9.17, 15) is 0 Å². The largest absolute Gasteiger partial charge is 0.330 e. The Balaban J connectivity index is 2.73. The Morgan fingerprint density at radius 2 is 2.06 bits per heavy atom. The number of benzene rings is 1. The van der Waals surface area contributed by atoms with Gasteiger partial charge in [-0.05, 0) is 43.1 Å². The summed E-state index contributed by atoms with van der Waals surface area (Å²) in [7, 11) is 0. The quantitative estimate of drug-likeness (QED) is 0.786. The minimum atomic E-state index is 0.470. The fourth-order valence-corrected chi connectivity index (χ4v) is 2.91. The Hall–Kier alpha value is -1.09. The maximum Gasteiger partial charge on any atom is 0.178 e. The molecule has 0 amide bonds. The van der Waals surface area contributed by atoms with Gasteiger partial charge < -0.3 is 9.55 Å². The second-order valence-corrected chi connectivity index (χ2v) is 5.38. The normalized spacial score (nSPS) is 13.5. The molecule has 0 aliphatic rings. The molecular formula is C14H20N2S. The van der Waals surface area contributed by atoms with Crippen LogP contribution in [0, 0.1) is 17.6 Å². The molecule has 1 atom stereocenters. The molecular weight excluding hydrogens is 228 g/mol. The van der Waals surface area contributed by atoms with Crippen LogP contribution in [0.5, 0.6) is 0 Å². The van der Waals surface area contributed by atoms with Gasteiger partial charge in [0, 0.05) is 6.04 Å². The first kappa shape index (κ1) is 12.4. The van der Waals surface area contributed by atoms with Gasteiger partial charge in [0.15, 0.2) is 4.77 Å². The third kappa shape index (κ3) is 2.04. The number of imidazole rings is 1. The van der Waals surface area contributed by atoms with Gasteiger partial charge in [-0.2, -0.15) is 0 Å². The lowest BCUT2D eigenvalue weighted by Gasteiger charge is -2.21. The first-order chi connectivity index (χ1) is 8.06. The maximum absolute atomic E-state index is 5.48. The summed E-state index contributed by atoms with van der Waals surface area (Å²) in [6.07, 6.45) is 1.10. The number of aryl methyl sites for hydroxylation is 1. The first-order valence-electron chi connectivity index (χ1n) is 6.26. The van der Waals surface area contributed by atoms with Crippen molar-refractivity contribution in [3.63, 3.8) is 0 Å². The van der Waals surface area contributed by atoms with Crippen LogP contribution in [-0.4, -0.2) is 9.55 Å². The number of hydrogen-bond acceptors (Lipinski definition) is 1. The number of nitrogens with zero attached hydrogens (tertiary/aromatic N) is 1. The highest BCUT2D eigenvalue weighted by molar-refractivity contribution is 7.71. The van der Waals surface area contributed by atoms with Crippen molar-refractivity contribution in [3.8, 4) is 0 Å². The number of H-pyrrole nitrogens is 1. The van der Waals surface area contributed by atoms with Gasteiger partial charge in [0.05, 0.1) is 11.0 Å². The van der Waals surface area contributed by atoms with Crippen LogP contribution in [0.4, 0.5) is 0 Å². The van der Waals surface area contributed by atoms with Crippen molar-refractivity contribution < 1.29 is 0 Å². The molecule has 2 nitrogen and oxygen atoms in total. The average Bonchev–Trinajstić information content (AvgIpc) is 2.59. The molecule has 1 aromatic heterocycles. The number of para-hydroxylation sites is 1. The zero-order chi connectivity index (χ0) is 12.6. The van der Waals surface area contributed by atoms with Crippen LogP contribution >= 0.6 is 12.2 Å². The number of rotatable bonds is 3. The summed E-state index contributed by atoms with van der Waals surface area (Å²) in [6.45, 7) is 8.85. The van der Waals surface area contributed by atoms with Crippen LogP contribution in [-0.2, 0) is 0 Å². The van der Waals surface area contributed by atoms with E-state index in [-0.39, 0.29) is 0 Å². The summed E-state index contributed by atoms with van der Waals surface area (Å²) >= 11 is 5.48. The van der Waals surface area contributed by atoms with Crippen LogP contribution in [0.1, 0.15) is 38.8 Å². The van der Waals surface area contributed by atoms with E-state index in [1.165, 1.54) is 16.6 Å². The lowest BCUT2D eigenvalue weighted by Crippen LogP contribution is -2.14. The smallest absolute Gasteiger partial charge is 0.178 e. The molecule has 92 valence electrons. The van der Waals surface area contributed by atoms with Gasteiger partial charge >= 0.3 is 0 Å². The predicted molar refractivity (Wildman–Crippen MR) is 76.0 cm³/mol. The van der Waals surface area contributed by atoms with Gasteiger partial charge in [-0.1, -0.05) is 32.9 Å². The van der Waals surface area contributed by atoms with E-state index in [4.69, 9.17) is 12.2 Å². The third-order valence-corrected chi connectivity index (χ3v) is 3.78. The molecule has 0 aliphatic heterocycles. The van der Waals surface area contributed by atoms with E-state index in [0.29, 0.717) is 12.0 Å². The summed E-state index contributed by atoms with van der Waals surface area (Å²) in [5, 5.41) is 0. The van der Waals surface area contributed by atoms with Crippen molar-refractivity contribution >= 4 is 23.3 Å². The van der Waals surface area contributed by atoms with Crippen LogP contribution in [0.3, 0.4) is 0 Å². The predicted octanol–water partition coefficient (Wildman–Crippen LogP) is 4.61. The molecule has 0 fully saturated rings. The Bertz CT molecular complexity index is 577. The second kappa shape index (κ2) is 4.65. The Labute approximate surface area is 108 Å². The number of fused-ring (bicyclic) bond motifs is 1. The number of aromatic amines is 1. The van der Waals surface area contributed by atoms with E-state index >= 15 is 0 Å². The van der Waals surface area contributed by atoms with Crippen molar-refractivity contribution in [2.45, 2.75) is 40.2 Å². The highest BCUT2D eigenvalue weighted by Gasteiger charge is 2.17. The minimum absolute atomic E-state index is 0.470. The van der Waals surface area contributed by atoms with E-state index < -0.39 is 0 Å². The summed E-state index contributed by atoms with van der Waals surface area (Å²) in [5.41, 5.74) is 3.66. The van der Waals surface area contributed by atoms with Gasteiger partial charge in [0.2, 0.25) is 0 Å². The van der Waals surface area contributed by atoms with Crippen molar-refractivity contribution in [2.75, 3.05) is 0 Å². The molecule has 0 saturated heterocycles. The molecule has 0 bridgehead atoms. The van der Waals surface area contributed by atoms with Gasteiger partial charge in [-0.25, -0.2) is 0 Å². The van der Waals surface area contributed by atoms with Crippen molar-refractivity contribution in [1.82, 2.24) is 9.55 Å². The molecule has 1 unspecified atom stereocenters. The second-order valence-electron chi connectivity index (χ2n) is 4.99. The van der Waals surface area contributed by atoms with Crippen LogP contribution in [0.15, 0.2) is 18.2 Å². The summed E-state index contributed by atoms with van der Waals surface area (Å²) < 4.78 is 3.12. The van der Waals surface area contributed by atoms with Crippen LogP contribution < -0.4 is 0 Å². The summed E-state index contributed by atoms with van der Waals surface area (Å²) in [6, 6.07) is 6.84. The Kier molecular flexibility index (Phi) is 3.38. The molecule has 2 rings (SSSR count). The molecule has 1 heterocycles. The fraction of sp³-hybridized carbons (Fsp3) is 0.500. The lowest BCUT2D eigenvalue weighted by atomic mass is 10.0. The third-order valence-electron chi connectivity index (χ3n) is 3.48. The van der Waals surface area contributed by atoms with Crippen molar-refractivity contribution in [3.05, 3.63) is 28.5 Å². The summed E-state index contributed by atoms with van der Waals surface area (Å²) in [5.74, 6) is 0.589. The minimum Gasteiger partial charge on any atom is -0.330 e. The van der Waals surface area contributed by atoms with E-state index in [0.717, 1.165) is 11.2 Å². The van der Waals surface area contributed by atoms with E-state index in [1.807, 2.05) is 0 Å². The topological polar surface area (TPSA) is 20.7 Å². The zero-order valence-corrected chi connectivity index (χ0v) is 11.8. The monoisotopic (exact) mass is 248 g/mol. The van der Waals surface area contributed by atoms with Gasteiger partial charge in [0.1, 0.15) is 0 Å². The molecule has 0 spiro atoms. The lowest BCUT2D eigenvalue weighted by molar-refractivity contribution is 0.370. The maximum atomic E-state index is 5.48. The van der Waals surface area contributed by atoms with Crippen molar-refractivity contribution in [2.24, 2.45) is 5.92 Å².